The molecule has 0 spiro atoms. The molecule has 0 aliphatic carbocycles. The largest absolute Gasteiger partial charge is 0.487 e. The number of nitrogens with zero attached hydrogens (tertiary/aromatic N) is 3. The molecule has 0 unspecified atom stereocenters. The Morgan fingerprint density at radius 2 is 2.09 bits per heavy atom. The first kappa shape index (κ1) is 15.7. The maximum Gasteiger partial charge on any atom is 0.275 e. The zero-order chi connectivity index (χ0) is 16.4. The molecule has 120 valence electrons. The number of fused-ring (bicyclic) bond motifs is 1. The fourth-order valence-corrected chi connectivity index (χ4v) is 3.42. The van der Waals surface area contributed by atoms with E-state index in [0.29, 0.717) is 10.7 Å². The first-order valence-corrected chi connectivity index (χ1v) is 8.47. The maximum atomic E-state index is 12.2. The second kappa shape index (κ2) is 6.50. The summed E-state index contributed by atoms with van der Waals surface area (Å²) in [6.45, 7) is 6.42. The van der Waals surface area contributed by atoms with Crippen LogP contribution in [0, 0.1) is 13.8 Å². The minimum absolute atomic E-state index is 0.159. The third-order valence-electron chi connectivity index (χ3n) is 3.51. The molecule has 0 bridgehead atoms. The number of rotatable bonds is 5. The van der Waals surface area contributed by atoms with Gasteiger partial charge in [-0.05, 0) is 31.9 Å². The summed E-state index contributed by atoms with van der Waals surface area (Å²) in [5.41, 5.74) is 2.74. The molecule has 3 aromatic rings. The molecule has 2 aromatic heterocycles. The van der Waals surface area contributed by atoms with Crippen LogP contribution in [0.1, 0.15) is 35.2 Å². The van der Waals surface area contributed by atoms with Gasteiger partial charge in [0.1, 0.15) is 17.4 Å². The molecular weight excluding hydrogens is 310 g/mol. The lowest BCUT2D eigenvalue weighted by Gasteiger charge is -2.09. The Morgan fingerprint density at radius 3 is 2.83 bits per heavy atom. The summed E-state index contributed by atoms with van der Waals surface area (Å²) >= 11 is 1.46. The molecule has 0 fully saturated rings. The number of aryl methyl sites for hydroxylation is 3. The highest BCUT2D eigenvalue weighted by Crippen LogP contribution is 2.20. The Morgan fingerprint density at radius 1 is 1.26 bits per heavy atom. The van der Waals surface area contributed by atoms with Gasteiger partial charge in [0.05, 0.1) is 5.69 Å². The average molecular weight is 329 g/mol. The van der Waals surface area contributed by atoms with Gasteiger partial charge in [0.2, 0.25) is 4.96 Å². The highest BCUT2D eigenvalue weighted by atomic mass is 32.1. The van der Waals surface area contributed by atoms with Crippen molar-refractivity contribution in [3.05, 3.63) is 56.4 Å². The Labute approximate surface area is 138 Å². The number of benzene rings is 1. The molecule has 0 saturated carbocycles. The SMILES string of the molecule is CCCc1nn2c(=O)cc(COc3ccc(C)cc3C)nc2s1. The normalized spacial score (nSPS) is 11.1. The molecule has 0 aliphatic rings. The van der Waals surface area contributed by atoms with Crippen molar-refractivity contribution in [2.45, 2.75) is 40.2 Å². The van der Waals surface area contributed by atoms with E-state index < -0.39 is 0 Å². The van der Waals surface area contributed by atoms with Crippen molar-refractivity contribution in [1.29, 1.82) is 0 Å². The number of aromatic nitrogens is 3. The smallest absolute Gasteiger partial charge is 0.275 e. The van der Waals surface area contributed by atoms with Crippen LogP contribution in [-0.4, -0.2) is 14.6 Å². The summed E-state index contributed by atoms with van der Waals surface area (Å²) in [4.78, 5) is 17.3. The fourth-order valence-electron chi connectivity index (χ4n) is 2.40. The summed E-state index contributed by atoms with van der Waals surface area (Å²) in [7, 11) is 0. The van der Waals surface area contributed by atoms with E-state index in [9.17, 15) is 4.79 Å². The van der Waals surface area contributed by atoms with Crippen molar-refractivity contribution in [3.8, 4) is 5.75 Å². The lowest BCUT2D eigenvalue weighted by Crippen LogP contribution is -2.16. The number of hydrogen-bond acceptors (Lipinski definition) is 5. The van der Waals surface area contributed by atoms with Gasteiger partial charge in [-0.15, -0.1) is 0 Å². The van der Waals surface area contributed by atoms with Crippen molar-refractivity contribution in [2.75, 3.05) is 0 Å². The van der Waals surface area contributed by atoms with Gasteiger partial charge in [-0.2, -0.15) is 9.61 Å². The zero-order valence-corrected chi connectivity index (χ0v) is 14.3. The van der Waals surface area contributed by atoms with E-state index >= 15 is 0 Å². The molecule has 0 saturated heterocycles. The van der Waals surface area contributed by atoms with Crippen molar-refractivity contribution in [3.63, 3.8) is 0 Å². The summed E-state index contributed by atoms with van der Waals surface area (Å²) in [6.07, 6.45) is 1.86. The predicted octanol–water partition coefficient (Wildman–Crippen LogP) is 3.30. The molecule has 23 heavy (non-hydrogen) atoms. The highest BCUT2D eigenvalue weighted by molar-refractivity contribution is 7.16. The van der Waals surface area contributed by atoms with E-state index in [4.69, 9.17) is 4.74 Å². The third kappa shape index (κ3) is 3.42. The van der Waals surface area contributed by atoms with Gasteiger partial charge in [0.25, 0.3) is 5.56 Å². The van der Waals surface area contributed by atoms with Gasteiger partial charge >= 0.3 is 0 Å². The first-order valence-electron chi connectivity index (χ1n) is 7.65. The molecule has 0 N–H and O–H groups in total. The monoisotopic (exact) mass is 329 g/mol. The van der Waals surface area contributed by atoms with Gasteiger partial charge in [0.15, 0.2) is 0 Å². The van der Waals surface area contributed by atoms with Gasteiger partial charge in [-0.25, -0.2) is 4.98 Å². The van der Waals surface area contributed by atoms with Crippen LogP contribution in [-0.2, 0) is 13.0 Å². The van der Waals surface area contributed by atoms with E-state index in [1.54, 1.807) is 0 Å². The van der Waals surface area contributed by atoms with Crippen LogP contribution in [0.2, 0.25) is 0 Å². The molecule has 0 aliphatic heterocycles. The molecule has 1 aromatic carbocycles. The van der Waals surface area contributed by atoms with Crippen molar-refractivity contribution >= 4 is 16.3 Å². The Bertz CT molecular complexity index is 898. The molecule has 6 heteroatoms. The van der Waals surface area contributed by atoms with E-state index in [1.807, 2.05) is 26.0 Å². The topological polar surface area (TPSA) is 56.5 Å². The molecular formula is C17H19N3O2S. The van der Waals surface area contributed by atoms with Crippen LogP contribution in [0.5, 0.6) is 5.75 Å². The summed E-state index contributed by atoms with van der Waals surface area (Å²) < 4.78 is 7.18. The van der Waals surface area contributed by atoms with E-state index in [2.05, 4.69) is 23.1 Å². The zero-order valence-electron chi connectivity index (χ0n) is 13.5. The second-order valence-corrected chi connectivity index (χ2v) is 6.62. The second-order valence-electron chi connectivity index (χ2n) is 5.58. The van der Waals surface area contributed by atoms with Crippen LogP contribution >= 0.6 is 11.3 Å². The number of ether oxygens (including phenoxy) is 1. The average Bonchev–Trinajstić information content (AvgIpc) is 2.90. The first-order chi connectivity index (χ1) is 11.1. The summed E-state index contributed by atoms with van der Waals surface area (Å²) in [5.74, 6) is 0.813. The van der Waals surface area contributed by atoms with Crippen LogP contribution in [0.15, 0.2) is 29.1 Å². The van der Waals surface area contributed by atoms with Gasteiger partial charge < -0.3 is 4.74 Å². The van der Waals surface area contributed by atoms with Crippen LogP contribution in [0.4, 0.5) is 0 Å². The summed E-state index contributed by atoms with van der Waals surface area (Å²) in [6, 6.07) is 7.52. The summed E-state index contributed by atoms with van der Waals surface area (Å²) in [5, 5.41) is 5.24. The van der Waals surface area contributed by atoms with E-state index in [0.717, 1.165) is 29.2 Å². The molecule has 2 heterocycles. The van der Waals surface area contributed by atoms with Crippen molar-refractivity contribution < 1.29 is 4.74 Å². The van der Waals surface area contributed by atoms with E-state index in [-0.39, 0.29) is 12.2 Å². The number of hydrogen-bond donors (Lipinski definition) is 0. The lowest BCUT2D eigenvalue weighted by molar-refractivity contribution is 0.299. The molecule has 0 amide bonds. The third-order valence-corrected chi connectivity index (χ3v) is 4.48. The predicted molar refractivity (Wildman–Crippen MR) is 91.4 cm³/mol. The highest BCUT2D eigenvalue weighted by Gasteiger charge is 2.09. The Balaban J connectivity index is 1.84. The molecule has 0 radical (unpaired) electrons. The minimum Gasteiger partial charge on any atom is -0.487 e. The molecule has 0 atom stereocenters. The fraction of sp³-hybridized carbons (Fsp3) is 0.353. The van der Waals surface area contributed by atoms with Crippen molar-refractivity contribution in [2.24, 2.45) is 0 Å². The molecule has 3 rings (SSSR count). The minimum atomic E-state index is -0.159. The quantitative estimate of drug-likeness (QED) is 0.721. The van der Waals surface area contributed by atoms with Crippen molar-refractivity contribution in [1.82, 2.24) is 14.6 Å². The van der Waals surface area contributed by atoms with Gasteiger partial charge in [-0.3, -0.25) is 4.79 Å². The van der Waals surface area contributed by atoms with Crippen LogP contribution in [0.25, 0.3) is 4.96 Å². The molecule has 5 nitrogen and oxygen atoms in total. The Kier molecular flexibility index (Phi) is 4.43. The van der Waals surface area contributed by atoms with Crippen LogP contribution < -0.4 is 10.3 Å². The Hall–Kier alpha value is -2.21. The maximum absolute atomic E-state index is 12.2. The van der Waals surface area contributed by atoms with Gasteiger partial charge in [-0.1, -0.05) is 36.0 Å². The standard InChI is InChI=1S/C17H19N3O2S/c1-4-5-15-19-20-16(21)9-13(18-17(20)23-15)10-22-14-7-6-11(2)8-12(14)3/h6-9H,4-5,10H2,1-3H3. The lowest BCUT2D eigenvalue weighted by atomic mass is 10.1. The van der Waals surface area contributed by atoms with Gasteiger partial charge in [0, 0.05) is 12.5 Å². The van der Waals surface area contributed by atoms with E-state index in [1.165, 1.54) is 27.5 Å². The van der Waals surface area contributed by atoms with Crippen LogP contribution in [0.3, 0.4) is 0 Å².